The fraction of sp³-hybridized carbons (Fsp3) is 0.318. The lowest BCUT2D eigenvalue weighted by Crippen LogP contribution is -2.57. The molecule has 150 valence electrons. The van der Waals surface area contributed by atoms with Gasteiger partial charge in [0, 0.05) is 27.6 Å². The van der Waals surface area contributed by atoms with Crippen molar-refractivity contribution in [3.8, 4) is 5.69 Å². The van der Waals surface area contributed by atoms with E-state index in [0.717, 1.165) is 52.8 Å². The number of imide groups is 2. The first kappa shape index (κ1) is 19.6. The van der Waals surface area contributed by atoms with E-state index in [0.29, 0.717) is 0 Å². The summed E-state index contributed by atoms with van der Waals surface area (Å²) in [6, 6.07) is 9.14. The standard InChI is InChI=1S/C22H22BrN3O3/c1-13-11-15(14(2)25(13)18-9-7-16(23)8-10-18)12-19-20(27)24-22(29)26(21(19)28)17-5-3-4-6-17/h7-12,17H,3-6H2,1-2H3,(H,24,27,29)/b19-12-. The molecule has 6 nitrogen and oxygen atoms in total. The number of halogens is 1. The van der Waals surface area contributed by atoms with Gasteiger partial charge in [0.2, 0.25) is 0 Å². The van der Waals surface area contributed by atoms with E-state index in [9.17, 15) is 14.4 Å². The summed E-state index contributed by atoms with van der Waals surface area (Å²) in [5.74, 6) is -1.14. The first-order chi connectivity index (χ1) is 13.9. The normalized spacial score (nSPS) is 19.3. The van der Waals surface area contributed by atoms with Gasteiger partial charge in [-0.3, -0.25) is 19.8 Å². The van der Waals surface area contributed by atoms with Crippen LogP contribution in [-0.2, 0) is 9.59 Å². The van der Waals surface area contributed by atoms with Crippen LogP contribution in [0.4, 0.5) is 4.79 Å². The summed E-state index contributed by atoms with van der Waals surface area (Å²) in [6.07, 6.45) is 5.16. The van der Waals surface area contributed by atoms with Crippen LogP contribution in [0, 0.1) is 13.8 Å². The summed E-state index contributed by atoms with van der Waals surface area (Å²) >= 11 is 3.44. The molecule has 1 N–H and O–H groups in total. The molecular weight excluding hydrogens is 434 g/mol. The summed E-state index contributed by atoms with van der Waals surface area (Å²) < 4.78 is 3.07. The van der Waals surface area contributed by atoms with Crippen LogP contribution in [0.25, 0.3) is 11.8 Å². The molecule has 0 unspecified atom stereocenters. The lowest BCUT2D eigenvalue weighted by atomic mass is 10.1. The number of rotatable bonds is 3. The second-order valence-corrected chi connectivity index (χ2v) is 8.48. The molecule has 1 aromatic carbocycles. The Morgan fingerprint density at radius 2 is 1.72 bits per heavy atom. The fourth-order valence-electron chi connectivity index (χ4n) is 4.24. The Labute approximate surface area is 177 Å². The average molecular weight is 456 g/mol. The Bertz CT molecular complexity index is 1030. The summed E-state index contributed by atoms with van der Waals surface area (Å²) in [5.41, 5.74) is 3.69. The Balaban J connectivity index is 1.72. The highest BCUT2D eigenvalue weighted by Crippen LogP contribution is 2.29. The molecule has 0 bridgehead atoms. The molecule has 1 saturated carbocycles. The van der Waals surface area contributed by atoms with Crippen molar-refractivity contribution in [3.63, 3.8) is 0 Å². The molecule has 2 aliphatic rings. The van der Waals surface area contributed by atoms with Crippen molar-refractivity contribution >= 4 is 39.9 Å². The van der Waals surface area contributed by atoms with Crippen molar-refractivity contribution in [1.29, 1.82) is 0 Å². The molecule has 2 fully saturated rings. The number of nitrogens with one attached hydrogen (secondary N) is 1. The van der Waals surface area contributed by atoms with E-state index in [1.165, 1.54) is 4.90 Å². The monoisotopic (exact) mass is 455 g/mol. The smallest absolute Gasteiger partial charge is 0.318 e. The van der Waals surface area contributed by atoms with Gasteiger partial charge in [-0.05, 0) is 68.7 Å². The highest BCUT2D eigenvalue weighted by Gasteiger charge is 2.40. The number of amides is 4. The maximum absolute atomic E-state index is 13.0. The van der Waals surface area contributed by atoms with Gasteiger partial charge in [-0.1, -0.05) is 28.8 Å². The van der Waals surface area contributed by atoms with Crippen LogP contribution >= 0.6 is 15.9 Å². The minimum absolute atomic E-state index is 0.00700. The van der Waals surface area contributed by atoms with Gasteiger partial charge < -0.3 is 4.57 Å². The summed E-state index contributed by atoms with van der Waals surface area (Å²) in [5, 5.41) is 2.33. The third kappa shape index (κ3) is 3.55. The Hall–Kier alpha value is -2.67. The molecule has 1 saturated heterocycles. The third-order valence-corrected chi connectivity index (χ3v) is 6.21. The molecule has 4 amide bonds. The molecule has 7 heteroatoms. The largest absolute Gasteiger partial charge is 0.331 e. The number of aryl methyl sites for hydroxylation is 1. The van der Waals surface area contributed by atoms with Crippen molar-refractivity contribution < 1.29 is 14.4 Å². The van der Waals surface area contributed by atoms with Crippen LogP contribution in [0.3, 0.4) is 0 Å². The van der Waals surface area contributed by atoms with E-state index in [-0.39, 0.29) is 11.6 Å². The minimum atomic E-state index is -0.636. The molecule has 2 heterocycles. The second kappa shape index (κ2) is 7.63. The number of urea groups is 1. The predicted molar refractivity (Wildman–Crippen MR) is 114 cm³/mol. The van der Waals surface area contributed by atoms with Crippen molar-refractivity contribution in [2.24, 2.45) is 0 Å². The highest BCUT2D eigenvalue weighted by atomic mass is 79.9. The molecule has 4 rings (SSSR count). The van der Waals surface area contributed by atoms with Crippen LogP contribution in [0.2, 0.25) is 0 Å². The lowest BCUT2D eigenvalue weighted by molar-refractivity contribution is -0.131. The number of carbonyl (C=O) groups excluding carboxylic acids is 3. The van der Waals surface area contributed by atoms with Gasteiger partial charge in [0.25, 0.3) is 11.8 Å². The van der Waals surface area contributed by atoms with Gasteiger partial charge in [0.1, 0.15) is 5.57 Å². The van der Waals surface area contributed by atoms with E-state index in [1.807, 2.05) is 44.2 Å². The zero-order chi connectivity index (χ0) is 20.7. The van der Waals surface area contributed by atoms with E-state index in [4.69, 9.17) is 0 Å². The Morgan fingerprint density at radius 3 is 2.38 bits per heavy atom. The van der Waals surface area contributed by atoms with Crippen molar-refractivity contribution in [2.45, 2.75) is 45.6 Å². The fourth-order valence-corrected chi connectivity index (χ4v) is 4.51. The van der Waals surface area contributed by atoms with Gasteiger partial charge >= 0.3 is 6.03 Å². The number of hydrogen-bond acceptors (Lipinski definition) is 3. The first-order valence-corrected chi connectivity index (χ1v) is 10.5. The number of benzene rings is 1. The second-order valence-electron chi connectivity index (χ2n) is 7.57. The summed E-state index contributed by atoms with van der Waals surface area (Å²) in [7, 11) is 0. The average Bonchev–Trinajstić information content (AvgIpc) is 3.28. The Kier molecular flexibility index (Phi) is 5.17. The van der Waals surface area contributed by atoms with Crippen LogP contribution in [0.5, 0.6) is 0 Å². The lowest BCUT2D eigenvalue weighted by Gasteiger charge is -2.31. The summed E-state index contributed by atoms with van der Waals surface area (Å²) in [4.78, 5) is 38.9. The van der Waals surface area contributed by atoms with E-state index in [2.05, 4.69) is 25.8 Å². The molecular formula is C22H22BrN3O3. The summed E-state index contributed by atoms with van der Waals surface area (Å²) in [6.45, 7) is 3.93. The molecule has 0 atom stereocenters. The highest BCUT2D eigenvalue weighted by molar-refractivity contribution is 9.10. The molecule has 1 aliphatic carbocycles. The van der Waals surface area contributed by atoms with Crippen LogP contribution in [0.1, 0.15) is 42.6 Å². The molecule has 2 aromatic rings. The van der Waals surface area contributed by atoms with Crippen molar-refractivity contribution in [2.75, 3.05) is 0 Å². The first-order valence-electron chi connectivity index (χ1n) is 9.72. The van der Waals surface area contributed by atoms with Crippen molar-refractivity contribution in [3.05, 3.63) is 57.3 Å². The number of nitrogens with zero attached hydrogens (tertiary/aromatic N) is 2. The van der Waals surface area contributed by atoms with E-state index in [1.54, 1.807) is 6.08 Å². The molecule has 1 aromatic heterocycles. The van der Waals surface area contributed by atoms with Crippen LogP contribution in [-0.4, -0.2) is 33.4 Å². The van der Waals surface area contributed by atoms with E-state index < -0.39 is 17.8 Å². The number of carbonyl (C=O) groups is 3. The molecule has 1 aliphatic heterocycles. The van der Waals surface area contributed by atoms with Gasteiger partial charge in [-0.25, -0.2) is 4.79 Å². The quantitative estimate of drug-likeness (QED) is 0.554. The minimum Gasteiger partial charge on any atom is -0.318 e. The zero-order valence-electron chi connectivity index (χ0n) is 16.4. The molecule has 0 radical (unpaired) electrons. The SMILES string of the molecule is Cc1cc(/C=C2/C(=O)NC(=O)N(C3CCCC3)C2=O)c(C)n1-c1ccc(Br)cc1. The predicted octanol–water partition coefficient (Wildman–Crippen LogP) is 4.26. The molecule has 0 spiro atoms. The van der Waals surface area contributed by atoms with E-state index >= 15 is 0 Å². The number of aromatic nitrogens is 1. The van der Waals surface area contributed by atoms with Crippen LogP contribution in [0.15, 0.2) is 40.4 Å². The van der Waals surface area contributed by atoms with Gasteiger partial charge in [-0.2, -0.15) is 0 Å². The van der Waals surface area contributed by atoms with Gasteiger partial charge in [0.05, 0.1) is 0 Å². The van der Waals surface area contributed by atoms with Crippen molar-refractivity contribution in [1.82, 2.24) is 14.8 Å². The zero-order valence-corrected chi connectivity index (χ0v) is 18.0. The van der Waals surface area contributed by atoms with Gasteiger partial charge in [-0.15, -0.1) is 0 Å². The molecule has 29 heavy (non-hydrogen) atoms. The van der Waals surface area contributed by atoms with Gasteiger partial charge in [0.15, 0.2) is 0 Å². The maximum Gasteiger partial charge on any atom is 0.331 e. The Morgan fingerprint density at radius 1 is 1.07 bits per heavy atom. The number of hydrogen-bond donors (Lipinski definition) is 1. The maximum atomic E-state index is 13.0. The topological polar surface area (TPSA) is 71.4 Å². The third-order valence-electron chi connectivity index (χ3n) is 5.68. The number of barbiturate groups is 1. The van der Waals surface area contributed by atoms with Crippen LogP contribution < -0.4 is 5.32 Å².